The molecular formula is C21H19BrN2S. The van der Waals surface area contributed by atoms with Crippen LogP contribution in [-0.4, -0.2) is 5.11 Å². The lowest BCUT2D eigenvalue weighted by molar-refractivity contribution is 0.768. The van der Waals surface area contributed by atoms with Crippen LogP contribution >= 0.6 is 28.1 Å². The van der Waals surface area contributed by atoms with Crippen LogP contribution in [0.4, 0.5) is 5.69 Å². The van der Waals surface area contributed by atoms with E-state index in [1.165, 1.54) is 16.7 Å². The van der Waals surface area contributed by atoms with Crippen molar-refractivity contribution in [3.05, 3.63) is 100 Å². The summed E-state index contributed by atoms with van der Waals surface area (Å²) in [6.45, 7) is 2.09. The van der Waals surface area contributed by atoms with Crippen molar-refractivity contribution >= 4 is 38.9 Å². The molecule has 2 nitrogen and oxygen atoms in total. The monoisotopic (exact) mass is 410 g/mol. The Labute approximate surface area is 162 Å². The Morgan fingerprint density at radius 1 is 0.880 bits per heavy atom. The molecule has 0 fully saturated rings. The van der Waals surface area contributed by atoms with Gasteiger partial charge in [0.05, 0.1) is 6.04 Å². The zero-order chi connectivity index (χ0) is 17.6. The van der Waals surface area contributed by atoms with Crippen molar-refractivity contribution in [2.24, 2.45) is 0 Å². The van der Waals surface area contributed by atoms with E-state index in [0.717, 1.165) is 10.2 Å². The van der Waals surface area contributed by atoms with Crippen LogP contribution in [0.3, 0.4) is 0 Å². The maximum atomic E-state index is 5.54. The summed E-state index contributed by atoms with van der Waals surface area (Å²) in [5, 5.41) is 7.29. The van der Waals surface area contributed by atoms with E-state index in [1.54, 1.807) is 0 Å². The molecule has 0 spiro atoms. The second kappa shape index (κ2) is 8.28. The lowest BCUT2D eigenvalue weighted by atomic mass is 9.98. The van der Waals surface area contributed by atoms with Crippen LogP contribution in [0.15, 0.2) is 83.3 Å². The van der Waals surface area contributed by atoms with E-state index < -0.39 is 0 Å². The maximum absolute atomic E-state index is 5.54. The van der Waals surface area contributed by atoms with Crippen LogP contribution in [0.25, 0.3) is 0 Å². The number of rotatable bonds is 4. The van der Waals surface area contributed by atoms with Crippen molar-refractivity contribution in [1.82, 2.24) is 5.32 Å². The van der Waals surface area contributed by atoms with E-state index in [0.29, 0.717) is 5.11 Å². The highest BCUT2D eigenvalue weighted by Crippen LogP contribution is 2.23. The summed E-state index contributed by atoms with van der Waals surface area (Å²) >= 11 is 9.02. The van der Waals surface area contributed by atoms with Gasteiger partial charge in [0.25, 0.3) is 0 Å². The van der Waals surface area contributed by atoms with Crippen molar-refractivity contribution in [2.75, 3.05) is 5.32 Å². The fourth-order valence-electron chi connectivity index (χ4n) is 2.63. The van der Waals surface area contributed by atoms with Gasteiger partial charge in [-0.3, -0.25) is 0 Å². The van der Waals surface area contributed by atoms with E-state index in [1.807, 2.05) is 42.5 Å². The molecule has 25 heavy (non-hydrogen) atoms. The van der Waals surface area contributed by atoms with Crippen LogP contribution in [0, 0.1) is 6.92 Å². The van der Waals surface area contributed by atoms with E-state index in [4.69, 9.17) is 12.2 Å². The summed E-state index contributed by atoms with van der Waals surface area (Å²) in [7, 11) is 0. The Bertz CT molecular complexity index is 847. The largest absolute Gasteiger partial charge is 0.352 e. The first-order valence-electron chi connectivity index (χ1n) is 8.06. The summed E-state index contributed by atoms with van der Waals surface area (Å²) in [5.41, 5.74) is 4.54. The molecule has 0 aliphatic heterocycles. The first-order chi connectivity index (χ1) is 12.1. The minimum Gasteiger partial charge on any atom is -0.352 e. The zero-order valence-electron chi connectivity index (χ0n) is 13.9. The third-order valence-electron chi connectivity index (χ3n) is 3.90. The van der Waals surface area contributed by atoms with Crippen molar-refractivity contribution in [3.8, 4) is 0 Å². The number of nitrogens with one attached hydrogen (secondary N) is 2. The molecule has 0 saturated carbocycles. The Morgan fingerprint density at radius 2 is 1.56 bits per heavy atom. The molecule has 0 radical (unpaired) electrons. The van der Waals surface area contributed by atoms with E-state index >= 15 is 0 Å². The topological polar surface area (TPSA) is 24.1 Å². The summed E-state index contributed by atoms with van der Waals surface area (Å²) < 4.78 is 1.01. The van der Waals surface area contributed by atoms with Gasteiger partial charge in [-0.15, -0.1) is 0 Å². The van der Waals surface area contributed by atoms with Crippen molar-refractivity contribution in [3.63, 3.8) is 0 Å². The number of thiocarbonyl (C=S) groups is 1. The van der Waals surface area contributed by atoms with Gasteiger partial charge in [0, 0.05) is 10.2 Å². The molecule has 0 heterocycles. The molecule has 126 valence electrons. The maximum Gasteiger partial charge on any atom is 0.171 e. The molecule has 0 aliphatic rings. The van der Waals surface area contributed by atoms with Crippen LogP contribution in [0.2, 0.25) is 0 Å². The Hall–Kier alpha value is -2.17. The van der Waals surface area contributed by atoms with Crippen molar-refractivity contribution < 1.29 is 0 Å². The Morgan fingerprint density at radius 3 is 2.24 bits per heavy atom. The second-order valence-electron chi connectivity index (χ2n) is 5.86. The Balaban J connectivity index is 1.82. The molecular weight excluding hydrogens is 392 g/mol. The average molecular weight is 411 g/mol. The first-order valence-corrected chi connectivity index (χ1v) is 9.26. The predicted molar refractivity (Wildman–Crippen MR) is 113 cm³/mol. The molecule has 0 unspecified atom stereocenters. The third-order valence-corrected chi connectivity index (χ3v) is 4.61. The van der Waals surface area contributed by atoms with Gasteiger partial charge in [0.15, 0.2) is 5.11 Å². The van der Waals surface area contributed by atoms with Gasteiger partial charge < -0.3 is 10.6 Å². The normalized spacial score (nSPS) is 11.6. The second-order valence-corrected chi connectivity index (χ2v) is 7.19. The molecule has 0 amide bonds. The van der Waals surface area contributed by atoms with Crippen LogP contribution in [0.5, 0.6) is 0 Å². The highest BCUT2D eigenvalue weighted by atomic mass is 79.9. The molecule has 0 aliphatic carbocycles. The van der Waals surface area contributed by atoms with Gasteiger partial charge in [0.1, 0.15) is 0 Å². The van der Waals surface area contributed by atoms with Gasteiger partial charge in [-0.05, 0) is 48.5 Å². The molecule has 0 aromatic heterocycles. The SMILES string of the molecule is Cc1ccc([C@H](NC(=S)Nc2cccc(Br)c2)c2ccccc2)cc1. The van der Waals surface area contributed by atoms with Crippen LogP contribution < -0.4 is 10.6 Å². The molecule has 3 aromatic carbocycles. The number of anilines is 1. The van der Waals surface area contributed by atoms with Crippen molar-refractivity contribution in [1.29, 1.82) is 0 Å². The van der Waals surface area contributed by atoms with E-state index in [2.05, 4.69) is 69.9 Å². The van der Waals surface area contributed by atoms with Crippen molar-refractivity contribution in [2.45, 2.75) is 13.0 Å². The summed E-state index contributed by atoms with van der Waals surface area (Å²) in [6, 6.07) is 26.8. The number of halogens is 1. The number of hydrogen-bond acceptors (Lipinski definition) is 1. The highest BCUT2D eigenvalue weighted by Gasteiger charge is 2.15. The standard InChI is InChI=1S/C21H19BrN2S/c1-15-10-12-17(13-11-15)20(16-6-3-2-4-7-16)24-21(25)23-19-9-5-8-18(22)14-19/h2-14,20H,1H3,(H2,23,24,25)/t20-/m1/s1. The quantitative estimate of drug-likeness (QED) is 0.528. The molecule has 3 rings (SSSR count). The minimum atomic E-state index is -0.00560. The van der Waals surface area contributed by atoms with E-state index in [-0.39, 0.29) is 6.04 Å². The molecule has 0 saturated heterocycles. The van der Waals surface area contributed by atoms with Gasteiger partial charge in [-0.2, -0.15) is 0 Å². The summed E-state index contributed by atoms with van der Waals surface area (Å²) in [4.78, 5) is 0. The lowest BCUT2D eigenvalue weighted by Gasteiger charge is -2.22. The zero-order valence-corrected chi connectivity index (χ0v) is 16.3. The first kappa shape index (κ1) is 17.6. The number of benzene rings is 3. The van der Waals surface area contributed by atoms with E-state index in [9.17, 15) is 0 Å². The number of hydrogen-bond donors (Lipinski definition) is 2. The molecule has 1 atom stereocenters. The predicted octanol–water partition coefficient (Wildman–Crippen LogP) is 5.83. The fraction of sp³-hybridized carbons (Fsp3) is 0.0952. The minimum absolute atomic E-state index is 0.00560. The van der Waals surface area contributed by atoms with Gasteiger partial charge >= 0.3 is 0 Å². The van der Waals surface area contributed by atoms with Gasteiger partial charge in [-0.25, -0.2) is 0 Å². The molecule has 4 heteroatoms. The lowest BCUT2D eigenvalue weighted by Crippen LogP contribution is -2.33. The van der Waals surface area contributed by atoms with Gasteiger partial charge in [0.2, 0.25) is 0 Å². The Kier molecular flexibility index (Phi) is 5.84. The van der Waals surface area contributed by atoms with Crippen LogP contribution in [-0.2, 0) is 0 Å². The van der Waals surface area contributed by atoms with Crippen LogP contribution in [0.1, 0.15) is 22.7 Å². The third kappa shape index (κ3) is 4.91. The fourth-order valence-corrected chi connectivity index (χ4v) is 3.26. The molecule has 2 N–H and O–H groups in total. The van der Waals surface area contributed by atoms with Gasteiger partial charge in [-0.1, -0.05) is 82.2 Å². The highest BCUT2D eigenvalue weighted by molar-refractivity contribution is 9.10. The summed E-state index contributed by atoms with van der Waals surface area (Å²) in [6.07, 6.45) is 0. The number of aryl methyl sites for hydroxylation is 1. The molecule has 3 aromatic rings. The molecule has 0 bridgehead atoms. The smallest absolute Gasteiger partial charge is 0.171 e. The average Bonchev–Trinajstić information content (AvgIpc) is 2.61. The summed E-state index contributed by atoms with van der Waals surface area (Å²) in [5.74, 6) is 0.